The van der Waals surface area contributed by atoms with Crippen molar-refractivity contribution in [2.24, 2.45) is 0 Å². The predicted octanol–water partition coefficient (Wildman–Crippen LogP) is 3.30. The summed E-state index contributed by atoms with van der Waals surface area (Å²) in [5.41, 5.74) is 4.90. The fraction of sp³-hybridized carbons (Fsp3) is 0.263. The first kappa shape index (κ1) is 14.9. The van der Waals surface area contributed by atoms with Crippen molar-refractivity contribution in [3.63, 3.8) is 0 Å². The average Bonchev–Trinajstić information content (AvgIpc) is 3.09. The van der Waals surface area contributed by atoms with E-state index in [0.717, 1.165) is 25.2 Å². The van der Waals surface area contributed by atoms with Gasteiger partial charge in [0.25, 0.3) is 0 Å². The van der Waals surface area contributed by atoms with Crippen molar-refractivity contribution in [1.82, 2.24) is 20.1 Å². The maximum atomic E-state index is 4.20. The van der Waals surface area contributed by atoms with Crippen molar-refractivity contribution < 1.29 is 0 Å². The molecule has 2 aromatic carbocycles. The fourth-order valence-corrected chi connectivity index (χ4v) is 3.25. The average molecular weight is 319 g/mol. The molecule has 0 saturated carbocycles. The van der Waals surface area contributed by atoms with E-state index in [-0.39, 0.29) is 0 Å². The van der Waals surface area contributed by atoms with Crippen LogP contribution in [-0.2, 0) is 6.54 Å². The molecule has 1 aromatic heterocycles. The molecule has 2 N–H and O–H groups in total. The molecule has 0 aliphatic carbocycles. The van der Waals surface area contributed by atoms with Crippen LogP contribution < -0.4 is 10.6 Å². The summed E-state index contributed by atoms with van der Waals surface area (Å²) in [6.07, 6.45) is 5.60. The number of hydrogen-bond donors (Lipinski definition) is 2. The Labute approximate surface area is 141 Å². The van der Waals surface area contributed by atoms with Crippen LogP contribution in [0.1, 0.15) is 30.0 Å². The van der Waals surface area contributed by atoms with Gasteiger partial charge >= 0.3 is 0 Å². The van der Waals surface area contributed by atoms with Gasteiger partial charge in [-0.3, -0.25) is 0 Å². The standard InChI is InChI=1S/C19H21N5/c1-2-8-18-17(7-1)19(9-4-10-21-18)22-12-15-5-3-6-16(11-15)24-14-20-13-23-24/h1-3,5-8,11,13-14,19,21-22H,4,9-10,12H2. The van der Waals surface area contributed by atoms with Gasteiger partial charge in [-0.2, -0.15) is 5.10 Å². The maximum Gasteiger partial charge on any atom is 0.138 e. The summed E-state index contributed by atoms with van der Waals surface area (Å²) < 4.78 is 1.79. The number of benzene rings is 2. The zero-order valence-electron chi connectivity index (χ0n) is 13.5. The van der Waals surface area contributed by atoms with Crippen LogP contribution >= 0.6 is 0 Å². The van der Waals surface area contributed by atoms with Crippen molar-refractivity contribution in [3.05, 3.63) is 72.3 Å². The molecule has 0 radical (unpaired) electrons. The SMILES string of the molecule is c1cc(CNC2CCCNc3ccccc32)cc(-n2cncn2)c1. The molecule has 3 aromatic rings. The lowest BCUT2D eigenvalue weighted by atomic mass is 10.0. The van der Waals surface area contributed by atoms with Crippen molar-refractivity contribution in [2.75, 3.05) is 11.9 Å². The van der Waals surface area contributed by atoms with E-state index in [0.29, 0.717) is 6.04 Å². The lowest BCUT2D eigenvalue weighted by Crippen LogP contribution is -2.20. The van der Waals surface area contributed by atoms with E-state index in [4.69, 9.17) is 0 Å². The molecule has 2 heterocycles. The van der Waals surface area contributed by atoms with E-state index in [1.54, 1.807) is 17.3 Å². The molecule has 1 unspecified atom stereocenters. The van der Waals surface area contributed by atoms with E-state index in [9.17, 15) is 0 Å². The minimum Gasteiger partial charge on any atom is -0.385 e. The molecule has 0 saturated heterocycles. The topological polar surface area (TPSA) is 54.8 Å². The summed E-state index contributed by atoms with van der Waals surface area (Å²) in [6.45, 7) is 1.87. The van der Waals surface area contributed by atoms with Crippen LogP contribution in [-0.4, -0.2) is 21.3 Å². The molecule has 1 aliphatic rings. The molecule has 0 spiro atoms. The summed E-state index contributed by atoms with van der Waals surface area (Å²) in [7, 11) is 0. The quantitative estimate of drug-likeness (QED) is 0.775. The van der Waals surface area contributed by atoms with Gasteiger partial charge in [-0.25, -0.2) is 9.67 Å². The summed E-state index contributed by atoms with van der Waals surface area (Å²) in [4.78, 5) is 4.01. The number of fused-ring (bicyclic) bond motifs is 1. The lowest BCUT2D eigenvalue weighted by Gasteiger charge is -2.19. The van der Waals surface area contributed by atoms with Gasteiger partial charge in [0.15, 0.2) is 0 Å². The number of anilines is 1. The van der Waals surface area contributed by atoms with Crippen LogP contribution in [0, 0.1) is 0 Å². The molecule has 0 bridgehead atoms. The van der Waals surface area contributed by atoms with Crippen molar-refractivity contribution >= 4 is 5.69 Å². The minimum absolute atomic E-state index is 0.381. The van der Waals surface area contributed by atoms with Crippen LogP contribution in [0.3, 0.4) is 0 Å². The monoisotopic (exact) mass is 319 g/mol. The molecule has 122 valence electrons. The van der Waals surface area contributed by atoms with Crippen LogP contribution in [0.5, 0.6) is 0 Å². The summed E-state index contributed by atoms with van der Waals surface area (Å²) in [5.74, 6) is 0. The Morgan fingerprint density at radius 3 is 3.04 bits per heavy atom. The third kappa shape index (κ3) is 3.16. The third-order valence-electron chi connectivity index (χ3n) is 4.47. The molecule has 4 rings (SSSR count). The molecule has 0 fully saturated rings. The number of hydrogen-bond acceptors (Lipinski definition) is 4. The Morgan fingerprint density at radius 1 is 1.17 bits per heavy atom. The van der Waals surface area contributed by atoms with E-state index >= 15 is 0 Å². The molecule has 24 heavy (non-hydrogen) atoms. The Balaban J connectivity index is 1.50. The van der Waals surface area contributed by atoms with Crippen molar-refractivity contribution in [1.29, 1.82) is 0 Å². The second-order valence-corrected chi connectivity index (χ2v) is 6.10. The van der Waals surface area contributed by atoms with Gasteiger partial charge in [-0.1, -0.05) is 30.3 Å². The summed E-state index contributed by atoms with van der Waals surface area (Å²) >= 11 is 0. The Kier molecular flexibility index (Phi) is 4.25. The highest BCUT2D eigenvalue weighted by atomic mass is 15.3. The molecular formula is C19H21N5. The second kappa shape index (κ2) is 6.84. The zero-order chi connectivity index (χ0) is 16.2. The number of nitrogens with one attached hydrogen (secondary N) is 2. The summed E-state index contributed by atoms with van der Waals surface area (Å²) in [5, 5.41) is 11.4. The molecule has 1 atom stereocenters. The largest absolute Gasteiger partial charge is 0.385 e. The molecule has 5 nitrogen and oxygen atoms in total. The van der Waals surface area contributed by atoms with Crippen molar-refractivity contribution in [3.8, 4) is 5.69 Å². The van der Waals surface area contributed by atoms with Crippen LogP contribution in [0.25, 0.3) is 5.69 Å². The highest BCUT2D eigenvalue weighted by molar-refractivity contribution is 5.53. The van der Waals surface area contributed by atoms with Gasteiger partial charge in [-0.15, -0.1) is 0 Å². The minimum atomic E-state index is 0.381. The van der Waals surface area contributed by atoms with E-state index in [1.807, 2.05) is 6.07 Å². The normalized spacial score (nSPS) is 16.9. The number of aromatic nitrogens is 3. The van der Waals surface area contributed by atoms with Gasteiger partial charge in [0, 0.05) is 24.8 Å². The van der Waals surface area contributed by atoms with Crippen LogP contribution in [0.15, 0.2) is 61.2 Å². The fourth-order valence-electron chi connectivity index (χ4n) is 3.25. The van der Waals surface area contributed by atoms with Gasteiger partial charge in [0.1, 0.15) is 12.7 Å². The summed E-state index contributed by atoms with van der Waals surface area (Å²) in [6, 6.07) is 17.4. The lowest BCUT2D eigenvalue weighted by molar-refractivity contribution is 0.497. The molecule has 0 amide bonds. The maximum absolute atomic E-state index is 4.20. The Bertz CT molecular complexity index is 797. The Hall–Kier alpha value is -2.66. The third-order valence-corrected chi connectivity index (χ3v) is 4.47. The molecular weight excluding hydrogens is 298 g/mol. The zero-order valence-corrected chi connectivity index (χ0v) is 13.5. The van der Waals surface area contributed by atoms with E-state index in [1.165, 1.54) is 23.2 Å². The van der Waals surface area contributed by atoms with E-state index < -0.39 is 0 Å². The van der Waals surface area contributed by atoms with Crippen LogP contribution in [0.2, 0.25) is 0 Å². The number of nitrogens with zero attached hydrogens (tertiary/aromatic N) is 3. The second-order valence-electron chi connectivity index (χ2n) is 6.10. The first-order chi connectivity index (χ1) is 11.9. The van der Waals surface area contributed by atoms with Crippen molar-refractivity contribution in [2.45, 2.75) is 25.4 Å². The van der Waals surface area contributed by atoms with Gasteiger partial charge in [0.05, 0.1) is 5.69 Å². The van der Waals surface area contributed by atoms with Gasteiger partial charge in [0.2, 0.25) is 0 Å². The smallest absolute Gasteiger partial charge is 0.138 e. The van der Waals surface area contributed by atoms with E-state index in [2.05, 4.69) is 63.2 Å². The Morgan fingerprint density at radius 2 is 2.12 bits per heavy atom. The molecule has 1 aliphatic heterocycles. The highest BCUT2D eigenvalue weighted by Crippen LogP contribution is 2.29. The van der Waals surface area contributed by atoms with Gasteiger partial charge in [-0.05, 0) is 42.2 Å². The highest BCUT2D eigenvalue weighted by Gasteiger charge is 2.17. The first-order valence-corrected chi connectivity index (χ1v) is 8.40. The van der Waals surface area contributed by atoms with Crippen LogP contribution in [0.4, 0.5) is 5.69 Å². The number of rotatable bonds is 4. The molecule has 5 heteroatoms. The predicted molar refractivity (Wildman–Crippen MR) is 95.1 cm³/mol. The number of para-hydroxylation sites is 1. The van der Waals surface area contributed by atoms with Gasteiger partial charge < -0.3 is 10.6 Å². The first-order valence-electron chi connectivity index (χ1n) is 8.40.